The van der Waals surface area contributed by atoms with Crippen molar-refractivity contribution in [1.82, 2.24) is 0 Å². The molecular formula is C27H34Si. The monoisotopic (exact) mass is 386 g/mol. The average molecular weight is 387 g/mol. The summed E-state index contributed by atoms with van der Waals surface area (Å²) in [4.78, 5) is 0. The first-order chi connectivity index (χ1) is 13.7. The Morgan fingerprint density at radius 3 is 1.89 bits per heavy atom. The van der Waals surface area contributed by atoms with Gasteiger partial charge >= 0.3 is 0 Å². The molecule has 8 unspecified atom stereocenters. The summed E-state index contributed by atoms with van der Waals surface area (Å²) in [6.07, 6.45) is 35.4. The van der Waals surface area contributed by atoms with Crippen LogP contribution >= 0.6 is 0 Å². The molecule has 0 N–H and O–H groups in total. The maximum atomic E-state index is 4.11. The Kier molecular flexibility index (Phi) is 4.83. The molecule has 0 saturated heterocycles. The molecule has 0 amide bonds. The lowest BCUT2D eigenvalue weighted by molar-refractivity contribution is 0.461. The van der Waals surface area contributed by atoms with E-state index >= 15 is 0 Å². The minimum Gasteiger partial charge on any atom is -0.103 e. The van der Waals surface area contributed by atoms with E-state index in [1.165, 1.54) is 25.3 Å². The summed E-state index contributed by atoms with van der Waals surface area (Å²) < 4.78 is 0. The standard InChI is InChI=1S/C27H34Si/c1-3-4-19-28(2,26-18-17-20-11-5-6-12-21(20)26)27-24-15-9-7-13-22(24)23-14-8-10-16-25(23)27/h3,5-16,20-27H,1,4,17-19H2,2H3. The van der Waals surface area contributed by atoms with Crippen molar-refractivity contribution in [2.75, 3.05) is 0 Å². The molecule has 5 aliphatic carbocycles. The first-order valence-electron chi connectivity index (χ1n) is 11.4. The van der Waals surface area contributed by atoms with Gasteiger partial charge in [0.1, 0.15) is 0 Å². The Bertz CT molecular complexity index is 759. The van der Waals surface area contributed by atoms with Gasteiger partial charge in [-0.2, -0.15) is 0 Å². The van der Waals surface area contributed by atoms with Crippen LogP contribution in [0.1, 0.15) is 19.3 Å². The maximum absolute atomic E-state index is 4.11. The lowest BCUT2D eigenvalue weighted by Gasteiger charge is -2.46. The Morgan fingerprint density at radius 1 is 0.750 bits per heavy atom. The zero-order valence-corrected chi connectivity index (χ0v) is 18.2. The quantitative estimate of drug-likeness (QED) is 0.344. The summed E-state index contributed by atoms with van der Waals surface area (Å²) in [5, 5.41) is 0. The number of hydrogen-bond donors (Lipinski definition) is 0. The van der Waals surface area contributed by atoms with Crippen molar-refractivity contribution in [2.24, 2.45) is 35.5 Å². The van der Waals surface area contributed by atoms with Crippen molar-refractivity contribution >= 4 is 8.07 Å². The molecule has 5 aliphatic rings. The molecule has 0 aromatic carbocycles. The third-order valence-corrected chi connectivity index (χ3v) is 14.8. The van der Waals surface area contributed by atoms with E-state index in [-0.39, 0.29) is 0 Å². The first-order valence-corrected chi connectivity index (χ1v) is 14.3. The van der Waals surface area contributed by atoms with Crippen LogP contribution in [0.2, 0.25) is 23.7 Å². The Balaban J connectivity index is 1.56. The van der Waals surface area contributed by atoms with Crippen molar-refractivity contribution in [3.63, 3.8) is 0 Å². The molecular weight excluding hydrogens is 352 g/mol. The summed E-state index contributed by atoms with van der Waals surface area (Å²) in [7, 11) is -1.56. The second-order valence-electron chi connectivity index (χ2n) is 9.90. The Hall–Kier alpha value is -1.60. The summed E-state index contributed by atoms with van der Waals surface area (Å²) in [6, 6.07) is 1.41. The van der Waals surface area contributed by atoms with E-state index in [0.717, 1.165) is 34.8 Å². The fourth-order valence-corrected chi connectivity index (χ4v) is 14.2. The largest absolute Gasteiger partial charge is 0.103 e. The van der Waals surface area contributed by atoms with E-state index in [9.17, 15) is 0 Å². The third-order valence-electron chi connectivity index (χ3n) is 8.79. The van der Waals surface area contributed by atoms with Gasteiger partial charge in [-0.25, -0.2) is 0 Å². The highest BCUT2D eigenvalue weighted by Crippen LogP contribution is 2.64. The van der Waals surface area contributed by atoms with E-state index in [4.69, 9.17) is 0 Å². The summed E-state index contributed by atoms with van der Waals surface area (Å²) in [5.41, 5.74) is 1.77. The molecule has 0 aromatic heterocycles. The predicted octanol–water partition coefficient (Wildman–Crippen LogP) is 7.26. The smallest absolute Gasteiger partial charge is 0.0588 e. The minimum absolute atomic E-state index is 0.704. The van der Waals surface area contributed by atoms with Gasteiger partial charge in [0.25, 0.3) is 0 Å². The van der Waals surface area contributed by atoms with Crippen molar-refractivity contribution in [2.45, 2.75) is 42.9 Å². The summed E-state index contributed by atoms with van der Waals surface area (Å²) in [5.74, 6) is 4.45. The van der Waals surface area contributed by atoms with Crippen LogP contribution in [0.25, 0.3) is 0 Å². The lowest BCUT2D eigenvalue weighted by Crippen LogP contribution is -2.47. The molecule has 8 atom stereocenters. The van der Waals surface area contributed by atoms with E-state index in [1.54, 1.807) is 0 Å². The van der Waals surface area contributed by atoms with E-state index in [0.29, 0.717) is 11.8 Å². The van der Waals surface area contributed by atoms with Gasteiger partial charge in [-0.1, -0.05) is 98.0 Å². The molecule has 1 heteroatoms. The molecule has 0 aliphatic heterocycles. The van der Waals surface area contributed by atoms with E-state index < -0.39 is 8.07 Å². The molecule has 0 bridgehead atoms. The summed E-state index contributed by atoms with van der Waals surface area (Å²) >= 11 is 0. The zero-order valence-electron chi connectivity index (χ0n) is 17.2. The average Bonchev–Trinajstić information content (AvgIpc) is 3.32. The highest BCUT2D eigenvalue weighted by atomic mass is 28.3. The van der Waals surface area contributed by atoms with Crippen molar-refractivity contribution in [3.05, 3.63) is 85.6 Å². The number of fused-ring (bicyclic) bond motifs is 4. The third kappa shape index (κ3) is 2.77. The normalized spacial score (nSPS) is 44.2. The lowest BCUT2D eigenvalue weighted by atomic mass is 9.83. The highest BCUT2D eigenvalue weighted by Gasteiger charge is 2.59. The van der Waals surface area contributed by atoms with Crippen LogP contribution in [0.3, 0.4) is 0 Å². The van der Waals surface area contributed by atoms with Gasteiger partial charge in [0.05, 0.1) is 8.07 Å². The fraction of sp³-hybridized carbons (Fsp3) is 0.481. The van der Waals surface area contributed by atoms with Crippen LogP contribution < -0.4 is 0 Å². The van der Waals surface area contributed by atoms with Gasteiger partial charge in [-0.05, 0) is 59.4 Å². The van der Waals surface area contributed by atoms with Crippen LogP contribution in [0.15, 0.2) is 85.6 Å². The maximum Gasteiger partial charge on any atom is 0.0588 e. The molecule has 5 rings (SSSR count). The van der Waals surface area contributed by atoms with Crippen molar-refractivity contribution in [1.29, 1.82) is 0 Å². The molecule has 0 aromatic rings. The van der Waals surface area contributed by atoms with Crippen molar-refractivity contribution in [3.8, 4) is 0 Å². The van der Waals surface area contributed by atoms with Crippen LogP contribution in [-0.4, -0.2) is 8.07 Å². The predicted molar refractivity (Wildman–Crippen MR) is 124 cm³/mol. The molecule has 2 fully saturated rings. The van der Waals surface area contributed by atoms with E-state index in [1.807, 2.05) is 0 Å². The van der Waals surface area contributed by atoms with Gasteiger partial charge < -0.3 is 0 Å². The van der Waals surface area contributed by atoms with Gasteiger partial charge in [0, 0.05) is 0 Å². The number of hydrogen-bond acceptors (Lipinski definition) is 0. The van der Waals surface area contributed by atoms with Crippen LogP contribution in [-0.2, 0) is 0 Å². The number of allylic oxidation sites excluding steroid dienone is 13. The molecule has 28 heavy (non-hydrogen) atoms. The fourth-order valence-electron chi connectivity index (χ4n) is 7.64. The molecule has 0 nitrogen and oxygen atoms in total. The van der Waals surface area contributed by atoms with Gasteiger partial charge in [0.2, 0.25) is 0 Å². The topological polar surface area (TPSA) is 0 Å². The van der Waals surface area contributed by atoms with E-state index in [2.05, 4.69) is 92.1 Å². The SMILES string of the molecule is C=CCC[Si](C)(C1CCC2C=CC=CC21)C1C2C=CC=CC2C2C=CC=CC21. The molecule has 0 spiro atoms. The minimum atomic E-state index is -1.56. The highest BCUT2D eigenvalue weighted by molar-refractivity contribution is 6.81. The van der Waals surface area contributed by atoms with Gasteiger partial charge in [-0.15, -0.1) is 6.58 Å². The zero-order chi connectivity index (χ0) is 19.1. The van der Waals surface area contributed by atoms with Gasteiger partial charge in [0.15, 0.2) is 0 Å². The Labute approximate surface area is 172 Å². The van der Waals surface area contributed by atoms with Gasteiger partial charge in [-0.3, -0.25) is 0 Å². The second-order valence-corrected chi connectivity index (χ2v) is 14.8. The van der Waals surface area contributed by atoms with Crippen LogP contribution in [0.4, 0.5) is 0 Å². The van der Waals surface area contributed by atoms with Crippen molar-refractivity contribution < 1.29 is 0 Å². The molecule has 146 valence electrons. The Morgan fingerprint density at radius 2 is 1.29 bits per heavy atom. The molecule has 0 heterocycles. The van der Waals surface area contributed by atoms with Crippen LogP contribution in [0, 0.1) is 35.5 Å². The molecule has 2 saturated carbocycles. The number of rotatable bonds is 5. The molecule has 0 radical (unpaired) electrons. The summed E-state index contributed by atoms with van der Waals surface area (Å²) in [6.45, 7) is 6.90. The van der Waals surface area contributed by atoms with Crippen LogP contribution in [0.5, 0.6) is 0 Å². The first kappa shape index (κ1) is 18.4. The second kappa shape index (κ2) is 7.33.